The Kier molecular flexibility index (Phi) is 5.46. The highest BCUT2D eigenvalue weighted by Crippen LogP contribution is 2.24. The average Bonchev–Trinajstić information content (AvgIpc) is 2.36. The molecule has 0 N–H and O–H groups in total. The van der Waals surface area contributed by atoms with Crippen LogP contribution in [-0.2, 0) is 6.54 Å². The minimum atomic E-state index is -0.262. The van der Waals surface area contributed by atoms with E-state index in [2.05, 4.69) is 20.8 Å². The lowest BCUT2D eigenvalue weighted by Crippen LogP contribution is -2.35. The van der Waals surface area contributed by atoms with E-state index >= 15 is 0 Å². The van der Waals surface area contributed by atoms with Gasteiger partial charge in [-0.3, -0.25) is 4.90 Å². The number of halogens is 3. The van der Waals surface area contributed by atoms with Crippen LogP contribution in [0.5, 0.6) is 0 Å². The Hall–Kier alpha value is -0.120. The third-order valence-electron chi connectivity index (χ3n) is 3.55. The van der Waals surface area contributed by atoms with Crippen LogP contribution in [0.25, 0.3) is 0 Å². The van der Waals surface area contributed by atoms with E-state index in [1.807, 2.05) is 12.1 Å². The predicted molar refractivity (Wildman–Crippen MR) is 77.8 cm³/mol. The van der Waals surface area contributed by atoms with Crippen molar-refractivity contribution in [2.45, 2.75) is 25.8 Å². The first-order chi connectivity index (χ1) is 8.70. The lowest BCUT2D eigenvalue weighted by atomic mass is 9.95. The van der Waals surface area contributed by atoms with Gasteiger partial charge in [-0.2, -0.15) is 0 Å². The van der Waals surface area contributed by atoms with Crippen LogP contribution >= 0.6 is 27.5 Å². The van der Waals surface area contributed by atoms with Gasteiger partial charge in [0, 0.05) is 24.0 Å². The van der Waals surface area contributed by atoms with Gasteiger partial charge < -0.3 is 0 Å². The Bertz CT molecular complexity index is 397. The number of alkyl halides is 1. The van der Waals surface area contributed by atoms with Crippen LogP contribution in [0, 0.1) is 11.7 Å². The van der Waals surface area contributed by atoms with Crippen molar-refractivity contribution in [3.63, 3.8) is 0 Å². The Labute approximate surface area is 121 Å². The first-order valence-electron chi connectivity index (χ1n) is 6.42. The summed E-state index contributed by atoms with van der Waals surface area (Å²) in [7, 11) is 0. The van der Waals surface area contributed by atoms with Crippen molar-refractivity contribution in [2.24, 2.45) is 5.92 Å². The molecule has 1 aliphatic rings. The highest BCUT2D eigenvalue weighted by molar-refractivity contribution is 9.09. The van der Waals surface area contributed by atoms with E-state index in [-0.39, 0.29) is 10.8 Å². The van der Waals surface area contributed by atoms with Crippen LogP contribution in [0.2, 0.25) is 5.02 Å². The number of piperidine rings is 1. The Morgan fingerprint density at radius 2 is 2.28 bits per heavy atom. The van der Waals surface area contributed by atoms with Gasteiger partial charge in [-0.1, -0.05) is 39.7 Å². The molecule has 0 radical (unpaired) electrons. The normalized spacial score (nSPS) is 21.2. The summed E-state index contributed by atoms with van der Waals surface area (Å²) in [5.74, 6) is 0.474. The summed E-state index contributed by atoms with van der Waals surface area (Å²) in [5.41, 5.74) is 0.710. The molecule has 0 amide bonds. The SMILES string of the molecule is Fc1c(Cl)cccc1CN1CCCC(CCBr)C1. The first kappa shape index (κ1) is 14.3. The lowest BCUT2D eigenvalue weighted by molar-refractivity contribution is 0.164. The smallest absolute Gasteiger partial charge is 0.146 e. The van der Waals surface area contributed by atoms with Gasteiger partial charge in [0.05, 0.1) is 5.02 Å². The molecule has 18 heavy (non-hydrogen) atoms. The highest BCUT2D eigenvalue weighted by atomic mass is 79.9. The zero-order valence-electron chi connectivity index (χ0n) is 10.3. The van der Waals surface area contributed by atoms with Crippen LogP contribution < -0.4 is 0 Å². The molecule has 100 valence electrons. The number of likely N-dealkylation sites (tertiary alicyclic amines) is 1. The van der Waals surface area contributed by atoms with E-state index in [9.17, 15) is 4.39 Å². The van der Waals surface area contributed by atoms with E-state index in [1.165, 1.54) is 19.3 Å². The van der Waals surface area contributed by atoms with Crippen molar-refractivity contribution in [3.8, 4) is 0 Å². The Morgan fingerprint density at radius 3 is 3.06 bits per heavy atom. The van der Waals surface area contributed by atoms with Crippen molar-refractivity contribution in [2.75, 3.05) is 18.4 Å². The molecular weight excluding hydrogens is 317 g/mol. The molecular formula is C14H18BrClFN. The molecule has 0 aromatic heterocycles. The van der Waals surface area contributed by atoms with Crippen LogP contribution in [-0.4, -0.2) is 23.3 Å². The molecule has 1 saturated heterocycles. The molecule has 1 aliphatic heterocycles. The fourth-order valence-corrected chi connectivity index (χ4v) is 3.44. The summed E-state index contributed by atoms with van der Waals surface area (Å²) >= 11 is 9.31. The second-order valence-corrected chi connectivity index (χ2v) is 6.13. The van der Waals surface area contributed by atoms with Crippen molar-refractivity contribution in [1.29, 1.82) is 0 Å². The summed E-state index contributed by atoms with van der Waals surface area (Å²) in [4.78, 5) is 2.34. The molecule has 0 bridgehead atoms. The van der Waals surface area contributed by atoms with E-state index in [0.717, 1.165) is 24.3 Å². The maximum atomic E-state index is 13.8. The number of benzene rings is 1. The standard InChI is InChI=1S/C14H18BrClFN/c15-7-6-11-3-2-8-18(9-11)10-12-4-1-5-13(16)14(12)17/h1,4-5,11H,2-3,6-10H2. The molecule has 1 aromatic rings. The second-order valence-electron chi connectivity index (χ2n) is 4.93. The van der Waals surface area contributed by atoms with Gasteiger partial charge in [0.2, 0.25) is 0 Å². The van der Waals surface area contributed by atoms with Gasteiger partial charge in [-0.15, -0.1) is 0 Å². The third-order valence-corrected chi connectivity index (χ3v) is 4.30. The molecule has 1 atom stereocenters. The first-order valence-corrected chi connectivity index (χ1v) is 7.92. The number of hydrogen-bond acceptors (Lipinski definition) is 1. The molecule has 1 unspecified atom stereocenters. The molecule has 1 aromatic carbocycles. The number of nitrogens with zero attached hydrogens (tertiary/aromatic N) is 1. The number of rotatable bonds is 4. The summed E-state index contributed by atoms with van der Waals surface area (Å²) in [6.07, 6.45) is 3.70. The van der Waals surface area contributed by atoms with E-state index in [1.54, 1.807) is 6.07 Å². The maximum absolute atomic E-state index is 13.8. The second kappa shape index (κ2) is 6.88. The van der Waals surface area contributed by atoms with Crippen LogP contribution in [0.15, 0.2) is 18.2 Å². The summed E-state index contributed by atoms with van der Waals surface area (Å²) in [6.45, 7) is 2.80. The monoisotopic (exact) mass is 333 g/mol. The van der Waals surface area contributed by atoms with Gasteiger partial charge >= 0.3 is 0 Å². The average molecular weight is 335 g/mol. The molecule has 0 saturated carbocycles. The van der Waals surface area contributed by atoms with Gasteiger partial charge in [-0.25, -0.2) is 4.39 Å². The quantitative estimate of drug-likeness (QED) is 0.734. The zero-order valence-corrected chi connectivity index (χ0v) is 12.7. The lowest BCUT2D eigenvalue weighted by Gasteiger charge is -2.32. The van der Waals surface area contributed by atoms with Crippen LogP contribution in [0.3, 0.4) is 0 Å². The van der Waals surface area contributed by atoms with E-state index in [0.29, 0.717) is 12.1 Å². The molecule has 1 heterocycles. The molecule has 2 rings (SSSR count). The predicted octanol–water partition coefficient (Wildman–Crippen LogP) is 4.48. The Balaban J connectivity index is 1.98. The van der Waals surface area contributed by atoms with Gasteiger partial charge in [0.1, 0.15) is 5.82 Å². The maximum Gasteiger partial charge on any atom is 0.146 e. The van der Waals surface area contributed by atoms with Crippen molar-refractivity contribution in [1.82, 2.24) is 4.90 Å². The van der Waals surface area contributed by atoms with E-state index in [4.69, 9.17) is 11.6 Å². The summed E-state index contributed by atoms with van der Waals surface area (Å²) < 4.78 is 13.8. The summed E-state index contributed by atoms with van der Waals surface area (Å²) in [5, 5.41) is 1.28. The van der Waals surface area contributed by atoms with Crippen molar-refractivity contribution < 1.29 is 4.39 Å². The fraction of sp³-hybridized carbons (Fsp3) is 0.571. The van der Waals surface area contributed by atoms with Crippen LogP contribution in [0.4, 0.5) is 4.39 Å². The van der Waals surface area contributed by atoms with Crippen molar-refractivity contribution in [3.05, 3.63) is 34.6 Å². The zero-order chi connectivity index (χ0) is 13.0. The molecule has 4 heteroatoms. The van der Waals surface area contributed by atoms with Gasteiger partial charge in [0.15, 0.2) is 0 Å². The molecule has 0 aliphatic carbocycles. The van der Waals surface area contributed by atoms with Crippen molar-refractivity contribution >= 4 is 27.5 Å². The summed E-state index contributed by atoms with van der Waals surface area (Å²) in [6, 6.07) is 5.25. The number of hydrogen-bond donors (Lipinski definition) is 0. The highest BCUT2D eigenvalue weighted by Gasteiger charge is 2.20. The molecule has 0 spiro atoms. The van der Waals surface area contributed by atoms with E-state index < -0.39 is 0 Å². The largest absolute Gasteiger partial charge is 0.299 e. The van der Waals surface area contributed by atoms with Crippen LogP contribution in [0.1, 0.15) is 24.8 Å². The molecule has 1 nitrogen and oxygen atoms in total. The van der Waals surface area contributed by atoms with Gasteiger partial charge in [-0.05, 0) is 37.8 Å². The topological polar surface area (TPSA) is 3.24 Å². The fourth-order valence-electron chi connectivity index (χ4n) is 2.60. The Morgan fingerprint density at radius 1 is 1.44 bits per heavy atom. The minimum Gasteiger partial charge on any atom is -0.299 e. The third kappa shape index (κ3) is 3.69. The van der Waals surface area contributed by atoms with Gasteiger partial charge in [0.25, 0.3) is 0 Å². The minimum absolute atomic E-state index is 0.224. The molecule has 1 fully saturated rings.